The fraction of sp³-hybridized carbons (Fsp3) is 0.476. The molecule has 29 heavy (non-hydrogen) atoms. The Labute approximate surface area is 174 Å². The smallest absolute Gasteiger partial charge is 0.331 e. The van der Waals surface area contributed by atoms with E-state index in [1.54, 1.807) is 21.3 Å². The van der Waals surface area contributed by atoms with Gasteiger partial charge in [-0.05, 0) is 43.4 Å². The van der Waals surface area contributed by atoms with E-state index in [0.29, 0.717) is 24.8 Å². The highest BCUT2D eigenvalue weighted by atomic mass is 35.5. The molecule has 1 aliphatic carbocycles. The largest absolute Gasteiger partial charge is 0.365 e. The van der Waals surface area contributed by atoms with Crippen LogP contribution in [0.1, 0.15) is 49.9 Å². The van der Waals surface area contributed by atoms with Crippen LogP contribution in [0, 0.1) is 5.82 Å². The second-order valence-corrected chi connectivity index (χ2v) is 7.95. The van der Waals surface area contributed by atoms with Crippen molar-refractivity contribution in [2.75, 3.05) is 5.32 Å². The summed E-state index contributed by atoms with van der Waals surface area (Å²) in [5.74, 6) is 2.55. The summed E-state index contributed by atoms with van der Waals surface area (Å²) in [7, 11) is 0. The third kappa shape index (κ3) is 3.41. The first-order chi connectivity index (χ1) is 13.6. The summed E-state index contributed by atoms with van der Waals surface area (Å²) in [5, 5.41) is 3.49. The number of hydrogen-bond donors (Lipinski definition) is 1. The van der Waals surface area contributed by atoms with E-state index in [9.17, 15) is 9.18 Å². The number of hydrogen-bond acceptors (Lipinski definition) is 4. The number of halogens is 2. The summed E-state index contributed by atoms with van der Waals surface area (Å²) >= 11 is 0. The lowest BCUT2D eigenvalue weighted by Gasteiger charge is -2.21. The fourth-order valence-corrected chi connectivity index (χ4v) is 4.23. The van der Waals surface area contributed by atoms with Crippen molar-refractivity contribution in [2.45, 2.75) is 64.1 Å². The van der Waals surface area contributed by atoms with Crippen LogP contribution < -0.4 is 11.0 Å². The van der Waals surface area contributed by atoms with Gasteiger partial charge in [-0.2, -0.15) is 0 Å². The number of fused-ring (bicyclic) bond motifs is 3. The van der Waals surface area contributed by atoms with Crippen molar-refractivity contribution in [1.82, 2.24) is 19.1 Å². The van der Waals surface area contributed by atoms with Gasteiger partial charge in [0.25, 0.3) is 0 Å². The molecule has 0 spiro atoms. The topological polar surface area (TPSA) is 64.7 Å². The lowest BCUT2D eigenvalue weighted by molar-refractivity contribution is 0.404. The maximum absolute atomic E-state index is 13.2. The molecule has 3 heterocycles. The molecule has 0 aromatic heterocycles. The molecule has 8 heteroatoms. The molecule has 1 aromatic rings. The zero-order chi connectivity index (χ0) is 19.3. The first-order valence-electron chi connectivity index (χ1n) is 10.2. The third-order valence-electron chi connectivity index (χ3n) is 5.93. The van der Waals surface area contributed by atoms with Crippen LogP contribution in [0.25, 0.3) is 11.5 Å². The van der Waals surface area contributed by atoms with Gasteiger partial charge in [-0.3, -0.25) is 9.13 Å². The summed E-state index contributed by atoms with van der Waals surface area (Å²) in [4.78, 5) is 22.7. The number of aromatic nitrogens is 4. The van der Waals surface area contributed by atoms with Crippen LogP contribution in [-0.4, -0.2) is 25.1 Å². The first kappa shape index (κ1) is 19.9. The summed E-state index contributed by atoms with van der Waals surface area (Å²) in [6.45, 7) is 3.28. The monoisotopic (exact) mass is 417 g/mol. The molecule has 154 valence electrons. The summed E-state index contributed by atoms with van der Waals surface area (Å²) < 4.78 is 16.8. The molecule has 1 saturated carbocycles. The molecule has 0 unspecified atom stereocenters. The normalized spacial score (nSPS) is 18.2. The van der Waals surface area contributed by atoms with Gasteiger partial charge in [0.1, 0.15) is 23.2 Å². The Morgan fingerprint density at radius 2 is 1.97 bits per heavy atom. The number of benzene rings is 1. The van der Waals surface area contributed by atoms with Gasteiger partial charge in [0.2, 0.25) is 0 Å². The van der Waals surface area contributed by atoms with E-state index >= 15 is 0 Å². The third-order valence-corrected chi connectivity index (χ3v) is 5.93. The summed E-state index contributed by atoms with van der Waals surface area (Å²) in [6.07, 6.45) is 5.07. The molecule has 1 aromatic carbocycles. The van der Waals surface area contributed by atoms with Gasteiger partial charge in [0.15, 0.2) is 5.82 Å². The van der Waals surface area contributed by atoms with Crippen LogP contribution in [0.2, 0.25) is 0 Å². The van der Waals surface area contributed by atoms with Gasteiger partial charge in [-0.25, -0.2) is 19.2 Å². The SMILES string of the molecule is CCCn1c2nc(C3CCC3)nc-2c2n(c1=O)C[C@@H](Cc1ccc(F)cc1)N2.Cl. The lowest BCUT2D eigenvalue weighted by Crippen LogP contribution is -2.32. The van der Waals surface area contributed by atoms with Crippen molar-refractivity contribution in [3.05, 3.63) is 52.0 Å². The molecule has 1 N–H and O–H groups in total. The number of nitrogens with zero attached hydrogens (tertiary/aromatic N) is 4. The van der Waals surface area contributed by atoms with E-state index in [-0.39, 0.29) is 30.0 Å². The van der Waals surface area contributed by atoms with E-state index in [2.05, 4.69) is 12.2 Å². The molecule has 0 radical (unpaired) electrons. The van der Waals surface area contributed by atoms with E-state index in [0.717, 1.165) is 48.6 Å². The molecule has 0 bridgehead atoms. The van der Waals surface area contributed by atoms with Crippen LogP contribution in [0.5, 0.6) is 0 Å². The van der Waals surface area contributed by atoms with Crippen molar-refractivity contribution < 1.29 is 4.39 Å². The minimum Gasteiger partial charge on any atom is -0.365 e. The van der Waals surface area contributed by atoms with Gasteiger partial charge < -0.3 is 5.32 Å². The molecule has 0 saturated heterocycles. The standard InChI is InChI=1S/C21H24FN5O.ClH/c1-2-10-26-20-17(24-18(25-20)14-4-3-5-14)19-23-16(12-27(19)21(26)28)11-13-6-8-15(22)9-7-13;/h6-9,14,16,23H,2-5,10-12H2,1H3;1H/t16-;/m1./s1. The summed E-state index contributed by atoms with van der Waals surface area (Å²) in [6, 6.07) is 6.62. The van der Waals surface area contributed by atoms with Crippen LogP contribution >= 0.6 is 12.4 Å². The predicted octanol–water partition coefficient (Wildman–Crippen LogP) is 3.82. The Balaban J connectivity index is 0.00000205. The Kier molecular flexibility index (Phi) is 5.34. The van der Waals surface area contributed by atoms with Crippen molar-refractivity contribution in [2.24, 2.45) is 0 Å². The van der Waals surface area contributed by atoms with Crippen LogP contribution in [-0.2, 0) is 19.5 Å². The maximum atomic E-state index is 13.2. The number of anilines is 1. The minimum absolute atomic E-state index is 0. The van der Waals surface area contributed by atoms with E-state index in [1.165, 1.54) is 18.6 Å². The minimum atomic E-state index is -0.236. The molecule has 4 aliphatic rings. The summed E-state index contributed by atoms with van der Waals surface area (Å²) in [5.41, 5.74) is 1.82. The van der Waals surface area contributed by atoms with Gasteiger partial charge >= 0.3 is 5.69 Å². The van der Waals surface area contributed by atoms with Crippen LogP contribution in [0.15, 0.2) is 29.1 Å². The highest BCUT2D eigenvalue weighted by Crippen LogP contribution is 2.38. The maximum Gasteiger partial charge on any atom is 0.331 e. The second kappa shape index (κ2) is 7.78. The zero-order valence-corrected chi connectivity index (χ0v) is 17.2. The fourth-order valence-electron chi connectivity index (χ4n) is 4.23. The Morgan fingerprint density at radius 3 is 2.62 bits per heavy atom. The Hall–Kier alpha value is -2.41. The number of imidazole rings is 1. The quantitative estimate of drug-likeness (QED) is 0.685. The van der Waals surface area contributed by atoms with E-state index in [1.807, 2.05) is 0 Å². The average molecular weight is 418 g/mol. The first-order valence-corrected chi connectivity index (χ1v) is 10.2. The molecule has 6 nitrogen and oxygen atoms in total. The number of rotatable bonds is 5. The van der Waals surface area contributed by atoms with Crippen molar-refractivity contribution in [3.8, 4) is 11.5 Å². The zero-order valence-electron chi connectivity index (χ0n) is 16.4. The molecular formula is C21H25ClFN5O. The highest BCUT2D eigenvalue weighted by molar-refractivity contribution is 5.85. The number of nitrogens with one attached hydrogen (secondary N) is 1. The van der Waals surface area contributed by atoms with E-state index in [4.69, 9.17) is 9.97 Å². The average Bonchev–Trinajstić information content (AvgIpc) is 3.24. The Morgan fingerprint density at radius 1 is 1.21 bits per heavy atom. The van der Waals surface area contributed by atoms with Gasteiger partial charge in [0, 0.05) is 25.0 Å². The molecule has 5 rings (SSSR count). The van der Waals surface area contributed by atoms with Crippen molar-refractivity contribution >= 4 is 18.2 Å². The molecular weight excluding hydrogens is 393 g/mol. The van der Waals surface area contributed by atoms with Gasteiger partial charge in [-0.15, -0.1) is 12.4 Å². The van der Waals surface area contributed by atoms with E-state index < -0.39 is 0 Å². The van der Waals surface area contributed by atoms with Gasteiger partial charge in [0.05, 0.1) is 0 Å². The highest BCUT2D eigenvalue weighted by Gasteiger charge is 2.33. The second-order valence-electron chi connectivity index (χ2n) is 7.95. The van der Waals surface area contributed by atoms with Crippen molar-refractivity contribution in [1.29, 1.82) is 0 Å². The molecule has 3 aliphatic heterocycles. The molecule has 1 fully saturated rings. The van der Waals surface area contributed by atoms with Gasteiger partial charge in [-0.1, -0.05) is 25.5 Å². The van der Waals surface area contributed by atoms with Crippen LogP contribution in [0.3, 0.4) is 0 Å². The van der Waals surface area contributed by atoms with Crippen molar-refractivity contribution in [3.63, 3.8) is 0 Å². The molecule has 0 amide bonds. The molecule has 1 atom stereocenters. The van der Waals surface area contributed by atoms with Crippen LogP contribution in [0.4, 0.5) is 10.2 Å². The lowest BCUT2D eigenvalue weighted by atomic mass is 9.85. The Bertz CT molecular complexity index is 1040. The predicted molar refractivity (Wildman–Crippen MR) is 113 cm³/mol.